The van der Waals surface area contributed by atoms with Gasteiger partial charge >= 0.3 is 6.18 Å². The van der Waals surface area contributed by atoms with E-state index in [0.29, 0.717) is 18.0 Å². The third kappa shape index (κ3) is 2.80. The van der Waals surface area contributed by atoms with Gasteiger partial charge in [-0.1, -0.05) is 23.9 Å². The Hall–Kier alpha value is -1.66. The van der Waals surface area contributed by atoms with Gasteiger partial charge in [0.1, 0.15) is 0 Å². The zero-order valence-electron chi connectivity index (χ0n) is 11.7. The highest BCUT2D eigenvalue weighted by atomic mass is 32.2. The molecule has 22 heavy (non-hydrogen) atoms. The zero-order valence-corrected chi connectivity index (χ0v) is 12.5. The van der Waals surface area contributed by atoms with E-state index in [2.05, 4.69) is 0 Å². The molecule has 2 aromatic rings. The molecule has 0 unspecified atom stereocenters. The lowest BCUT2D eigenvalue weighted by atomic mass is 10.1. The van der Waals surface area contributed by atoms with Crippen molar-refractivity contribution in [3.05, 3.63) is 48.0 Å². The average Bonchev–Trinajstić information content (AvgIpc) is 2.50. The fourth-order valence-corrected chi connectivity index (χ4v) is 3.64. The van der Waals surface area contributed by atoms with Crippen LogP contribution in [-0.2, 0) is 6.18 Å². The summed E-state index contributed by atoms with van der Waals surface area (Å²) in [6.07, 6.45) is -3.55. The summed E-state index contributed by atoms with van der Waals surface area (Å²) in [6, 6.07) is 11.7. The van der Waals surface area contributed by atoms with Crippen LogP contribution in [0.1, 0.15) is 12.0 Å². The summed E-state index contributed by atoms with van der Waals surface area (Å²) in [4.78, 5) is 3.64. The lowest BCUT2D eigenvalue weighted by Crippen LogP contribution is -2.24. The van der Waals surface area contributed by atoms with Crippen LogP contribution in [0, 0.1) is 0 Å². The van der Waals surface area contributed by atoms with Gasteiger partial charge in [0.25, 0.3) is 0 Å². The highest BCUT2D eigenvalue weighted by Gasteiger charge is 2.32. The molecule has 0 aliphatic carbocycles. The maximum atomic E-state index is 12.9. The summed E-state index contributed by atoms with van der Waals surface area (Å²) >= 11 is 1.38. The van der Waals surface area contributed by atoms with E-state index in [1.165, 1.54) is 17.8 Å². The van der Waals surface area contributed by atoms with Crippen molar-refractivity contribution in [2.24, 2.45) is 5.73 Å². The van der Waals surface area contributed by atoms with Gasteiger partial charge in [0.2, 0.25) is 0 Å². The molecule has 2 nitrogen and oxygen atoms in total. The second-order valence-corrected chi connectivity index (χ2v) is 6.13. The molecular formula is C16H15F3N2S. The van der Waals surface area contributed by atoms with Gasteiger partial charge in [0.05, 0.1) is 16.9 Å². The minimum atomic E-state index is -4.32. The molecule has 6 heteroatoms. The first kappa shape index (κ1) is 15.2. The third-order valence-corrected chi connectivity index (χ3v) is 4.65. The Morgan fingerprint density at radius 1 is 1.00 bits per heavy atom. The third-order valence-electron chi connectivity index (χ3n) is 3.54. The largest absolute Gasteiger partial charge is 0.416 e. The molecule has 1 aliphatic rings. The molecular weight excluding hydrogens is 309 g/mol. The number of fused-ring (bicyclic) bond motifs is 2. The first-order valence-corrected chi connectivity index (χ1v) is 7.78. The molecule has 2 aromatic carbocycles. The number of para-hydroxylation sites is 1. The maximum Gasteiger partial charge on any atom is 0.416 e. The highest BCUT2D eigenvalue weighted by molar-refractivity contribution is 7.99. The van der Waals surface area contributed by atoms with Crippen LogP contribution >= 0.6 is 11.8 Å². The number of anilines is 2. The summed E-state index contributed by atoms with van der Waals surface area (Å²) in [5, 5.41) is 0. The SMILES string of the molecule is NCCCN1c2ccccc2Sc2cc(C(F)(F)F)ccc21. The van der Waals surface area contributed by atoms with Gasteiger partial charge in [0.15, 0.2) is 0 Å². The van der Waals surface area contributed by atoms with Crippen LogP contribution in [-0.4, -0.2) is 13.1 Å². The summed E-state index contributed by atoms with van der Waals surface area (Å²) < 4.78 is 38.7. The predicted octanol–water partition coefficient (Wildman–Crippen LogP) is 4.66. The molecule has 0 radical (unpaired) electrons. The summed E-state index contributed by atoms with van der Waals surface area (Å²) in [6.45, 7) is 1.23. The van der Waals surface area contributed by atoms with Gasteiger partial charge < -0.3 is 10.6 Å². The molecule has 0 saturated heterocycles. The van der Waals surface area contributed by atoms with Crippen molar-refractivity contribution >= 4 is 23.1 Å². The van der Waals surface area contributed by atoms with E-state index >= 15 is 0 Å². The van der Waals surface area contributed by atoms with E-state index in [1.54, 1.807) is 6.07 Å². The second kappa shape index (κ2) is 5.85. The molecule has 0 amide bonds. The Balaban J connectivity index is 2.06. The van der Waals surface area contributed by atoms with E-state index in [-0.39, 0.29) is 0 Å². The van der Waals surface area contributed by atoms with Crippen LogP contribution in [0.5, 0.6) is 0 Å². The smallest absolute Gasteiger partial charge is 0.340 e. The van der Waals surface area contributed by atoms with Crippen molar-refractivity contribution in [3.63, 3.8) is 0 Å². The van der Waals surface area contributed by atoms with Gasteiger partial charge in [-0.3, -0.25) is 0 Å². The fourth-order valence-electron chi connectivity index (χ4n) is 2.50. The van der Waals surface area contributed by atoms with Gasteiger partial charge in [-0.25, -0.2) is 0 Å². The number of rotatable bonds is 3. The molecule has 1 aliphatic heterocycles. The molecule has 0 fully saturated rings. The Morgan fingerprint density at radius 2 is 1.73 bits per heavy atom. The molecule has 1 heterocycles. The van der Waals surface area contributed by atoms with E-state index in [1.807, 2.05) is 29.2 Å². The van der Waals surface area contributed by atoms with Crippen molar-refractivity contribution in [2.45, 2.75) is 22.4 Å². The fraction of sp³-hybridized carbons (Fsp3) is 0.250. The normalized spacial score (nSPS) is 13.7. The Kier molecular flexibility index (Phi) is 4.06. The van der Waals surface area contributed by atoms with E-state index in [0.717, 1.165) is 28.8 Å². The number of halogens is 3. The van der Waals surface area contributed by atoms with E-state index in [4.69, 9.17) is 5.73 Å². The van der Waals surface area contributed by atoms with Gasteiger partial charge in [-0.2, -0.15) is 13.2 Å². The predicted molar refractivity (Wildman–Crippen MR) is 82.7 cm³/mol. The molecule has 0 atom stereocenters. The molecule has 3 rings (SSSR count). The molecule has 0 spiro atoms. The molecule has 0 aromatic heterocycles. The van der Waals surface area contributed by atoms with Crippen LogP contribution in [0.4, 0.5) is 24.5 Å². The number of hydrogen-bond donors (Lipinski definition) is 1. The summed E-state index contributed by atoms with van der Waals surface area (Å²) in [5.41, 5.74) is 6.80. The number of hydrogen-bond acceptors (Lipinski definition) is 3. The molecule has 0 saturated carbocycles. The van der Waals surface area contributed by atoms with Crippen LogP contribution in [0.3, 0.4) is 0 Å². The number of alkyl halides is 3. The molecule has 116 valence electrons. The topological polar surface area (TPSA) is 29.3 Å². The lowest BCUT2D eigenvalue weighted by Gasteiger charge is -2.33. The number of nitrogens with two attached hydrogens (primary N) is 1. The average molecular weight is 324 g/mol. The Bertz CT molecular complexity index is 685. The monoisotopic (exact) mass is 324 g/mol. The Morgan fingerprint density at radius 3 is 2.45 bits per heavy atom. The van der Waals surface area contributed by atoms with Crippen molar-refractivity contribution in [2.75, 3.05) is 18.0 Å². The van der Waals surface area contributed by atoms with Crippen LogP contribution in [0.15, 0.2) is 52.3 Å². The van der Waals surface area contributed by atoms with Crippen molar-refractivity contribution < 1.29 is 13.2 Å². The Labute approximate surface area is 131 Å². The van der Waals surface area contributed by atoms with Gasteiger partial charge in [0, 0.05) is 16.3 Å². The van der Waals surface area contributed by atoms with Gasteiger partial charge in [-0.05, 0) is 43.3 Å². The van der Waals surface area contributed by atoms with Crippen LogP contribution in [0.25, 0.3) is 0 Å². The van der Waals surface area contributed by atoms with Crippen molar-refractivity contribution in [1.82, 2.24) is 0 Å². The molecule has 0 bridgehead atoms. The number of benzene rings is 2. The first-order chi connectivity index (χ1) is 10.5. The first-order valence-electron chi connectivity index (χ1n) is 6.96. The minimum absolute atomic E-state index is 0.543. The second-order valence-electron chi connectivity index (χ2n) is 5.04. The summed E-state index contributed by atoms with van der Waals surface area (Å²) in [5.74, 6) is 0. The van der Waals surface area contributed by atoms with E-state index < -0.39 is 11.7 Å². The maximum absolute atomic E-state index is 12.9. The highest BCUT2D eigenvalue weighted by Crippen LogP contribution is 2.49. The van der Waals surface area contributed by atoms with E-state index in [9.17, 15) is 13.2 Å². The van der Waals surface area contributed by atoms with Crippen molar-refractivity contribution in [1.29, 1.82) is 0 Å². The van der Waals surface area contributed by atoms with Crippen LogP contribution in [0.2, 0.25) is 0 Å². The zero-order chi connectivity index (χ0) is 15.7. The molecule has 2 N–H and O–H groups in total. The standard InChI is InChI=1S/C16H15F3N2S/c17-16(18,19)11-6-7-13-15(10-11)22-14-5-2-1-4-12(14)21(13)9-3-8-20/h1-2,4-7,10H,3,8-9,20H2. The minimum Gasteiger partial charge on any atom is -0.340 e. The number of nitrogens with zero attached hydrogens (tertiary/aromatic N) is 1. The van der Waals surface area contributed by atoms with Crippen LogP contribution < -0.4 is 10.6 Å². The quantitative estimate of drug-likeness (QED) is 0.890. The summed E-state index contributed by atoms with van der Waals surface area (Å²) in [7, 11) is 0. The lowest BCUT2D eigenvalue weighted by molar-refractivity contribution is -0.137. The van der Waals surface area contributed by atoms with Gasteiger partial charge in [-0.15, -0.1) is 0 Å². The van der Waals surface area contributed by atoms with Crippen molar-refractivity contribution in [3.8, 4) is 0 Å².